The number of hydrogen-bond donors (Lipinski definition) is 0. The van der Waals surface area contributed by atoms with Gasteiger partial charge in [-0.15, -0.1) is 0 Å². The number of benzene rings is 2. The monoisotopic (exact) mass is 365 g/mol. The van der Waals surface area contributed by atoms with Gasteiger partial charge in [0.2, 0.25) is 15.0 Å². The highest BCUT2D eigenvalue weighted by Crippen LogP contribution is 2.36. The molecular formula is C17H16ClNO4S. The van der Waals surface area contributed by atoms with E-state index in [9.17, 15) is 13.2 Å². The number of carbonyl (C=O) groups is 1. The van der Waals surface area contributed by atoms with Crippen molar-refractivity contribution in [2.75, 3.05) is 11.4 Å². The molecule has 7 heteroatoms. The van der Waals surface area contributed by atoms with Crippen LogP contribution < -0.4 is 9.64 Å². The van der Waals surface area contributed by atoms with Crippen molar-refractivity contribution in [3.63, 3.8) is 0 Å². The van der Waals surface area contributed by atoms with Crippen LogP contribution in [0.1, 0.15) is 12.0 Å². The Labute approximate surface area is 145 Å². The molecule has 1 saturated heterocycles. The molecule has 0 aliphatic carbocycles. The lowest BCUT2D eigenvalue weighted by Crippen LogP contribution is -2.27. The average molecular weight is 366 g/mol. The maximum atomic E-state index is 12.2. The Balaban J connectivity index is 1.91. The van der Waals surface area contributed by atoms with Gasteiger partial charge in [-0.3, -0.25) is 4.79 Å². The third kappa shape index (κ3) is 3.55. The normalized spacial score (nSPS) is 18.0. The maximum absolute atomic E-state index is 12.2. The molecule has 1 atom stereocenters. The first-order valence-electron chi connectivity index (χ1n) is 7.42. The number of amides is 1. The highest BCUT2D eigenvalue weighted by atomic mass is 35.7. The minimum atomic E-state index is -3.78. The van der Waals surface area contributed by atoms with Gasteiger partial charge in [0.1, 0.15) is 11.0 Å². The Morgan fingerprint density at radius 2 is 1.92 bits per heavy atom. The van der Waals surface area contributed by atoms with Gasteiger partial charge in [0, 0.05) is 23.6 Å². The van der Waals surface area contributed by atoms with Crippen molar-refractivity contribution in [3.8, 4) is 11.5 Å². The van der Waals surface area contributed by atoms with Gasteiger partial charge in [0.25, 0.3) is 0 Å². The highest BCUT2D eigenvalue weighted by Gasteiger charge is 2.38. The van der Waals surface area contributed by atoms with Crippen LogP contribution in [0.2, 0.25) is 0 Å². The Morgan fingerprint density at radius 3 is 2.58 bits per heavy atom. The zero-order valence-corrected chi connectivity index (χ0v) is 14.5. The molecule has 1 unspecified atom stereocenters. The summed E-state index contributed by atoms with van der Waals surface area (Å²) in [5.74, 6) is 0.851. The Kier molecular flexibility index (Phi) is 4.51. The lowest BCUT2D eigenvalue weighted by Gasteiger charge is -2.20. The van der Waals surface area contributed by atoms with Gasteiger partial charge >= 0.3 is 0 Å². The second kappa shape index (κ2) is 6.45. The number of para-hydroxylation sites is 2. The van der Waals surface area contributed by atoms with Crippen molar-refractivity contribution in [3.05, 3.63) is 54.1 Å². The van der Waals surface area contributed by atoms with Gasteiger partial charge in [0.05, 0.1) is 5.69 Å². The van der Waals surface area contributed by atoms with Gasteiger partial charge < -0.3 is 9.64 Å². The number of ether oxygens (including phenoxy) is 1. The smallest absolute Gasteiger partial charge is 0.237 e. The second-order valence-corrected chi connectivity index (χ2v) is 8.60. The molecule has 3 rings (SSSR count). The van der Waals surface area contributed by atoms with E-state index >= 15 is 0 Å². The third-order valence-corrected chi connectivity index (χ3v) is 5.73. The molecule has 0 N–H and O–H groups in total. The standard InChI is InChI=1S/C17H16ClNO4S/c1-12-5-4-6-13(9-12)23-16-8-3-2-7-15(16)19-11-14(10-17(19)20)24(18,21)22/h2-9,14H,10-11H2,1H3. The van der Waals surface area contributed by atoms with Gasteiger partial charge in [-0.2, -0.15) is 0 Å². The van der Waals surface area contributed by atoms with Crippen LogP contribution in [0.3, 0.4) is 0 Å². The molecule has 2 aromatic carbocycles. The third-order valence-electron chi connectivity index (χ3n) is 3.86. The fourth-order valence-electron chi connectivity index (χ4n) is 2.67. The summed E-state index contributed by atoms with van der Waals surface area (Å²) >= 11 is 0. The average Bonchev–Trinajstić information content (AvgIpc) is 2.90. The van der Waals surface area contributed by atoms with E-state index in [1.54, 1.807) is 24.3 Å². The van der Waals surface area contributed by atoms with Crippen molar-refractivity contribution in [1.29, 1.82) is 0 Å². The molecule has 0 aromatic heterocycles. The summed E-state index contributed by atoms with van der Waals surface area (Å²) in [5, 5.41) is -0.904. The van der Waals surface area contributed by atoms with Gasteiger partial charge in [0.15, 0.2) is 5.75 Å². The zero-order valence-electron chi connectivity index (χ0n) is 13.0. The van der Waals surface area contributed by atoms with Crippen molar-refractivity contribution in [2.24, 2.45) is 0 Å². The second-order valence-electron chi connectivity index (χ2n) is 5.69. The quantitative estimate of drug-likeness (QED) is 0.778. The molecule has 0 radical (unpaired) electrons. The lowest BCUT2D eigenvalue weighted by atomic mass is 10.2. The summed E-state index contributed by atoms with van der Waals surface area (Å²) < 4.78 is 28.9. The van der Waals surface area contributed by atoms with Crippen LogP contribution in [0.25, 0.3) is 0 Å². The van der Waals surface area contributed by atoms with Gasteiger partial charge in [-0.1, -0.05) is 24.3 Å². The van der Waals surface area contributed by atoms with E-state index in [4.69, 9.17) is 15.4 Å². The van der Waals surface area contributed by atoms with Crippen molar-refractivity contribution >= 4 is 31.3 Å². The summed E-state index contributed by atoms with van der Waals surface area (Å²) in [6, 6.07) is 14.6. The first-order chi connectivity index (χ1) is 11.3. The summed E-state index contributed by atoms with van der Waals surface area (Å²) in [6.45, 7) is 1.98. The fourth-order valence-corrected chi connectivity index (χ4v) is 3.70. The molecule has 126 valence electrons. The van der Waals surface area contributed by atoms with Crippen LogP contribution in [-0.4, -0.2) is 26.1 Å². The number of nitrogens with zero attached hydrogens (tertiary/aromatic N) is 1. The van der Waals surface area contributed by atoms with Crippen LogP contribution in [0.4, 0.5) is 5.69 Å². The molecule has 2 aromatic rings. The predicted octanol–water partition coefficient (Wildman–Crippen LogP) is 3.46. The molecule has 1 heterocycles. The van der Waals surface area contributed by atoms with Crippen LogP contribution >= 0.6 is 10.7 Å². The number of rotatable bonds is 4. The Bertz CT molecular complexity index is 882. The minimum Gasteiger partial charge on any atom is -0.455 e. The van der Waals surface area contributed by atoms with E-state index in [0.29, 0.717) is 17.2 Å². The summed E-state index contributed by atoms with van der Waals surface area (Å²) in [4.78, 5) is 13.7. The maximum Gasteiger partial charge on any atom is 0.237 e. The lowest BCUT2D eigenvalue weighted by molar-refractivity contribution is -0.117. The number of aryl methyl sites for hydroxylation is 1. The first-order valence-corrected chi connectivity index (χ1v) is 9.79. The topological polar surface area (TPSA) is 63.7 Å². The summed E-state index contributed by atoms with van der Waals surface area (Å²) in [6.07, 6.45) is -0.120. The van der Waals surface area contributed by atoms with E-state index in [-0.39, 0.29) is 18.9 Å². The largest absolute Gasteiger partial charge is 0.455 e. The molecule has 1 aliphatic heterocycles. The highest BCUT2D eigenvalue weighted by molar-refractivity contribution is 8.14. The van der Waals surface area contributed by atoms with Crippen LogP contribution in [-0.2, 0) is 13.8 Å². The van der Waals surface area contributed by atoms with E-state index in [1.807, 2.05) is 31.2 Å². The predicted molar refractivity (Wildman–Crippen MR) is 93.2 cm³/mol. The molecule has 1 fully saturated rings. The molecule has 24 heavy (non-hydrogen) atoms. The van der Waals surface area contributed by atoms with Crippen LogP contribution in [0.15, 0.2) is 48.5 Å². The van der Waals surface area contributed by atoms with Crippen molar-refractivity contribution < 1.29 is 17.9 Å². The van der Waals surface area contributed by atoms with E-state index in [0.717, 1.165) is 5.56 Å². The zero-order chi connectivity index (χ0) is 17.3. The SMILES string of the molecule is Cc1cccc(Oc2ccccc2N2CC(S(=O)(=O)Cl)CC2=O)c1. The minimum absolute atomic E-state index is 0.0266. The number of halogens is 1. The van der Waals surface area contributed by atoms with Gasteiger partial charge in [-0.25, -0.2) is 8.42 Å². The summed E-state index contributed by atoms with van der Waals surface area (Å²) in [7, 11) is 1.62. The first kappa shape index (κ1) is 16.8. The Morgan fingerprint density at radius 1 is 1.17 bits per heavy atom. The van der Waals surface area contributed by atoms with Crippen molar-refractivity contribution in [1.82, 2.24) is 0 Å². The van der Waals surface area contributed by atoms with Gasteiger partial charge in [-0.05, 0) is 36.8 Å². The Hall–Kier alpha value is -2.05. The molecular weight excluding hydrogens is 350 g/mol. The molecule has 1 amide bonds. The number of hydrogen-bond acceptors (Lipinski definition) is 4. The molecule has 5 nitrogen and oxygen atoms in total. The van der Waals surface area contributed by atoms with Crippen molar-refractivity contribution in [2.45, 2.75) is 18.6 Å². The van der Waals surface area contributed by atoms with E-state index < -0.39 is 14.3 Å². The fraction of sp³-hybridized carbons (Fsp3) is 0.235. The molecule has 0 bridgehead atoms. The van der Waals surface area contributed by atoms with Crippen LogP contribution in [0, 0.1) is 6.92 Å². The van der Waals surface area contributed by atoms with E-state index in [2.05, 4.69) is 0 Å². The number of anilines is 1. The molecule has 0 spiro atoms. The van der Waals surface area contributed by atoms with Crippen LogP contribution in [0.5, 0.6) is 11.5 Å². The van der Waals surface area contributed by atoms with E-state index in [1.165, 1.54) is 4.90 Å². The molecule has 0 saturated carbocycles. The summed E-state index contributed by atoms with van der Waals surface area (Å²) in [5.41, 5.74) is 1.59. The number of carbonyl (C=O) groups excluding carboxylic acids is 1. The molecule has 1 aliphatic rings.